The summed E-state index contributed by atoms with van der Waals surface area (Å²) in [5.41, 5.74) is 0. The molecule has 2 nitrogen and oxygen atoms in total. The van der Waals surface area contributed by atoms with Crippen LogP contribution in [0.15, 0.2) is 12.7 Å². The summed E-state index contributed by atoms with van der Waals surface area (Å²) >= 11 is 0. The van der Waals surface area contributed by atoms with Gasteiger partial charge in [-0.2, -0.15) is 0 Å². The third-order valence-electron chi connectivity index (χ3n) is 2.42. The van der Waals surface area contributed by atoms with E-state index in [-0.39, 0.29) is 0 Å². The van der Waals surface area contributed by atoms with E-state index in [2.05, 4.69) is 44.6 Å². The van der Waals surface area contributed by atoms with Gasteiger partial charge in [0.1, 0.15) is 0 Å². The van der Waals surface area contributed by atoms with Crippen molar-refractivity contribution in [3.05, 3.63) is 12.7 Å². The SMILES string of the molecule is C=CCN(C)C(CCC)CNC(C)C. The summed E-state index contributed by atoms with van der Waals surface area (Å²) in [6.07, 6.45) is 4.47. The topological polar surface area (TPSA) is 15.3 Å². The normalized spacial score (nSPS) is 13.6. The second kappa shape index (κ2) is 8.01. The third-order valence-corrected chi connectivity index (χ3v) is 2.42. The molecule has 0 radical (unpaired) electrons. The molecule has 0 saturated heterocycles. The molecule has 1 N–H and O–H groups in total. The molecule has 0 aromatic carbocycles. The van der Waals surface area contributed by atoms with Crippen molar-refractivity contribution >= 4 is 0 Å². The average molecular weight is 198 g/mol. The predicted molar refractivity (Wildman–Crippen MR) is 64.7 cm³/mol. The number of rotatable bonds is 8. The first-order chi connectivity index (χ1) is 6.61. The quantitative estimate of drug-likeness (QED) is 0.602. The molecule has 0 rings (SSSR count). The van der Waals surface area contributed by atoms with Crippen molar-refractivity contribution in [1.29, 1.82) is 0 Å². The zero-order valence-corrected chi connectivity index (χ0v) is 10.2. The number of nitrogens with zero attached hydrogens (tertiary/aromatic N) is 1. The lowest BCUT2D eigenvalue weighted by Crippen LogP contribution is -2.42. The van der Waals surface area contributed by atoms with Gasteiger partial charge in [-0.3, -0.25) is 4.90 Å². The van der Waals surface area contributed by atoms with Crippen LogP contribution in [0.5, 0.6) is 0 Å². The van der Waals surface area contributed by atoms with Crippen LogP contribution in [0.1, 0.15) is 33.6 Å². The van der Waals surface area contributed by atoms with Gasteiger partial charge in [0.05, 0.1) is 0 Å². The summed E-state index contributed by atoms with van der Waals surface area (Å²) in [5.74, 6) is 0. The largest absolute Gasteiger partial charge is 0.313 e. The van der Waals surface area contributed by atoms with Crippen LogP contribution in [0.3, 0.4) is 0 Å². The fourth-order valence-corrected chi connectivity index (χ4v) is 1.54. The Morgan fingerprint density at radius 2 is 2.07 bits per heavy atom. The van der Waals surface area contributed by atoms with Crippen LogP contribution in [0.25, 0.3) is 0 Å². The average Bonchev–Trinajstić information content (AvgIpc) is 2.12. The summed E-state index contributed by atoms with van der Waals surface area (Å²) in [5, 5.41) is 3.49. The van der Waals surface area contributed by atoms with Gasteiger partial charge in [-0.25, -0.2) is 0 Å². The Morgan fingerprint density at radius 1 is 1.43 bits per heavy atom. The van der Waals surface area contributed by atoms with Crippen molar-refractivity contribution in [3.63, 3.8) is 0 Å². The van der Waals surface area contributed by atoms with Gasteiger partial charge in [0, 0.05) is 25.2 Å². The highest BCUT2D eigenvalue weighted by atomic mass is 15.1. The predicted octanol–water partition coefficient (Wildman–Crippen LogP) is 2.27. The first-order valence-electron chi connectivity index (χ1n) is 5.66. The molecule has 0 fully saturated rings. The highest BCUT2D eigenvalue weighted by molar-refractivity contribution is 4.78. The highest BCUT2D eigenvalue weighted by Crippen LogP contribution is 2.04. The van der Waals surface area contributed by atoms with E-state index < -0.39 is 0 Å². The summed E-state index contributed by atoms with van der Waals surface area (Å²) in [6, 6.07) is 1.21. The first kappa shape index (κ1) is 13.7. The molecule has 0 aliphatic carbocycles. The van der Waals surface area contributed by atoms with E-state index in [1.807, 2.05) is 6.08 Å². The minimum absolute atomic E-state index is 0.575. The fraction of sp³-hybridized carbons (Fsp3) is 0.833. The molecular formula is C12H26N2. The minimum Gasteiger partial charge on any atom is -0.313 e. The monoisotopic (exact) mass is 198 g/mol. The second-order valence-corrected chi connectivity index (χ2v) is 4.23. The molecule has 0 spiro atoms. The van der Waals surface area contributed by atoms with Crippen molar-refractivity contribution in [1.82, 2.24) is 10.2 Å². The van der Waals surface area contributed by atoms with Crippen LogP contribution >= 0.6 is 0 Å². The summed E-state index contributed by atoms with van der Waals surface area (Å²) in [7, 11) is 2.17. The molecule has 0 saturated carbocycles. The van der Waals surface area contributed by atoms with Crippen LogP contribution in [0, 0.1) is 0 Å². The lowest BCUT2D eigenvalue weighted by Gasteiger charge is -2.28. The Morgan fingerprint density at radius 3 is 2.50 bits per heavy atom. The van der Waals surface area contributed by atoms with Crippen molar-refractivity contribution in [3.8, 4) is 0 Å². The van der Waals surface area contributed by atoms with Crippen molar-refractivity contribution in [2.45, 2.75) is 45.7 Å². The Labute approximate surface area is 89.4 Å². The van der Waals surface area contributed by atoms with Gasteiger partial charge in [0.15, 0.2) is 0 Å². The Kier molecular flexibility index (Phi) is 7.81. The summed E-state index contributed by atoms with van der Waals surface area (Å²) in [4.78, 5) is 2.37. The van der Waals surface area contributed by atoms with E-state index in [9.17, 15) is 0 Å². The molecule has 1 atom stereocenters. The number of likely N-dealkylation sites (N-methyl/N-ethyl adjacent to an activating group) is 1. The molecule has 0 aromatic heterocycles. The molecule has 0 bridgehead atoms. The van der Waals surface area contributed by atoms with E-state index >= 15 is 0 Å². The maximum Gasteiger partial charge on any atom is 0.0220 e. The van der Waals surface area contributed by atoms with E-state index in [0.717, 1.165) is 13.1 Å². The minimum atomic E-state index is 0.575. The van der Waals surface area contributed by atoms with Gasteiger partial charge in [-0.05, 0) is 13.5 Å². The molecule has 2 heteroatoms. The van der Waals surface area contributed by atoms with E-state index in [1.54, 1.807) is 0 Å². The fourth-order valence-electron chi connectivity index (χ4n) is 1.54. The standard InChI is InChI=1S/C12H26N2/c1-6-8-12(10-13-11(3)4)14(5)9-7-2/h7,11-13H,2,6,8-10H2,1,3-5H3. The van der Waals surface area contributed by atoms with Crippen molar-refractivity contribution < 1.29 is 0 Å². The van der Waals surface area contributed by atoms with Crippen LogP contribution < -0.4 is 5.32 Å². The van der Waals surface area contributed by atoms with Gasteiger partial charge in [-0.1, -0.05) is 33.3 Å². The molecule has 1 unspecified atom stereocenters. The zero-order valence-electron chi connectivity index (χ0n) is 10.2. The van der Waals surface area contributed by atoms with Gasteiger partial charge in [0.25, 0.3) is 0 Å². The third kappa shape index (κ3) is 6.17. The molecule has 84 valence electrons. The number of nitrogens with one attached hydrogen (secondary N) is 1. The maximum atomic E-state index is 3.78. The van der Waals surface area contributed by atoms with Crippen LogP contribution in [-0.4, -0.2) is 37.1 Å². The number of hydrogen-bond acceptors (Lipinski definition) is 2. The number of hydrogen-bond donors (Lipinski definition) is 1. The van der Waals surface area contributed by atoms with Crippen LogP contribution in [-0.2, 0) is 0 Å². The van der Waals surface area contributed by atoms with Crippen molar-refractivity contribution in [2.24, 2.45) is 0 Å². The zero-order chi connectivity index (χ0) is 11.0. The van der Waals surface area contributed by atoms with E-state index in [4.69, 9.17) is 0 Å². The molecule has 0 aliphatic heterocycles. The van der Waals surface area contributed by atoms with Gasteiger partial charge in [0.2, 0.25) is 0 Å². The van der Waals surface area contributed by atoms with Crippen LogP contribution in [0.4, 0.5) is 0 Å². The summed E-state index contributed by atoms with van der Waals surface area (Å²) < 4.78 is 0. The van der Waals surface area contributed by atoms with E-state index in [0.29, 0.717) is 12.1 Å². The first-order valence-corrected chi connectivity index (χ1v) is 5.66. The van der Waals surface area contributed by atoms with Gasteiger partial charge < -0.3 is 5.32 Å². The lowest BCUT2D eigenvalue weighted by molar-refractivity contribution is 0.240. The second-order valence-electron chi connectivity index (χ2n) is 4.23. The molecule has 14 heavy (non-hydrogen) atoms. The summed E-state index contributed by atoms with van der Waals surface area (Å²) in [6.45, 7) is 12.5. The van der Waals surface area contributed by atoms with Gasteiger partial charge in [-0.15, -0.1) is 6.58 Å². The highest BCUT2D eigenvalue weighted by Gasteiger charge is 2.12. The Bertz CT molecular complexity index is 143. The smallest absolute Gasteiger partial charge is 0.0220 e. The maximum absolute atomic E-state index is 3.78. The Balaban J connectivity index is 3.92. The molecule has 0 amide bonds. The van der Waals surface area contributed by atoms with Crippen LogP contribution in [0.2, 0.25) is 0 Å². The molecule has 0 heterocycles. The molecular weight excluding hydrogens is 172 g/mol. The van der Waals surface area contributed by atoms with E-state index in [1.165, 1.54) is 12.8 Å². The Hall–Kier alpha value is -0.340. The molecule has 0 aliphatic rings. The van der Waals surface area contributed by atoms with Crippen molar-refractivity contribution in [2.75, 3.05) is 20.1 Å². The lowest BCUT2D eigenvalue weighted by atomic mass is 10.1. The van der Waals surface area contributed by atoms with Gasteiger partial charge >= 0.3 is 0 Å². The molecule has 0 aromatic rings.